The Balaban J connectivity index is 1.25. The first-order valence-corrected chi connectivity index (χ1v) is 10.3. The van der Waals surface area contributed by atoms with Crippen molar-refractivity contribution in [2.45, 2.75) is 6.92 Å². The summed E-state index contributed by atoms with van der Waals surface area (Å²) in [6.07, 6.45) is 1.56. The van der Waals surface area contributed by atoms with Crippen LogP contribution in [0.5, 0.6) is 0 Å². The first-order chi connectivity index (χ1) is 15.2. The average Bonchev–Trinajstić information content (AvgIpc) is 2.84. The molecule has 0 radical (unpaired) electrons. The minimum atomic E-state index is -0.0844. The summed E-state index contributed by atoms with van der Waals surface area (Å²) in [5, 5.41) is 8.86. The number of nitrogens with zero attached hydrogens (tertiary/aromatic N) is 6. The molecule has 2 aromatic carbocycles. The molecule has 1 aliphatic rings. The summed E-state index contributed by atoms with van der Waals surface area (Å²) < 4.78 is 0. The second-order valence-corrected chi connectivity index (χ2v) is 7.61. The number of carbonyl (C=O) groups excluding carboxylic acids is 1. The number of rotatable bonds is 3. The molecule has 0 unspecified atom stereocenters. The molecule has 0 spiro atoms. The highest BCUT2D eigenvalue weighted by atomic mass is 16.2. The van der Waals surface area contributed by atoms with Gasteiger partial charge in [-0.15, -0.1) is 10.2 Å². The zero-order valence-corrected chi connectivity index (χ0v) is 17.3. The van der Waals surface area contributed by atoms with E-state index in [1.165, 1.54) is 5.56 Å². The van der Waals surface area contributed by atoms with Gasteiger partial charge in [-0.25, -0.2) is 4.98 Å². The van der Waals surface area contributed by atoms with Crippen molar-refractivity contribution in [1.82, 2.24) is 25.1 Å². The van der Waals surface area contributed by atoms with Gasteiger partial charge < -0.3 is 9.80 Å². The van der Waals surface area contributed by atoms with Gasteiger partial charge in [-0.3, -0.25) is 9.78 Å². The fourth-order valence-electron chi connectivity index (χ4n) is 3.86. The molecule has 7 nitrogen and oxygen atoms in total. The van der Waals surface area contributed by atoms with Gasteiger partial charge in [0, 0.05) is 31.7 Å². The van der Waals surface area contributed by atoms with Crippen LogP contribution in [0.15, 0.2) is 66.9 Å². The third kappa shape index (κ3) is 3.82. The molecule has 31 heavy (non-hydrogen) atoms. The Morgan fingerprint density at radius 3 is 2.32 bits per heavy atom. The molecule has 0 atom stereocenters. The van der Waals surface area contributed by atoms with Gasteiger partial charge >= 0.3 is 0 Å². The van der Waals surface area contributed by atoms with E-state index in [1.807, 2.05) is 53.4 Å². The van der Waals surface area contributed by atoms with E-state index in [2.05, 4.69) is 44.1 Å². The molecule has 5 rings (SSSR count). The van der Waals surface area contributed by atoms with Crippen LogP contribution in [0.25, 0.3) is 22.3 Å². The third-order valence-electron chi connectivity index (χ3n) is 5.63. The number of fused-ring (bicyclic) bond motifs is 1. The molecule has 0 saturated carbocycles. The number of amides is 1. The first kappa shape index (κ1) is 19.1. The van der Waals surface area contributed by atoms with E-state index in [4.69, 9.17) is 0 Å². The van der Waals surface area contributed by atoms with Crippen molar-refractivity contribution in [1.29, 1.82) is 0 Å². The van der Waals surface area contributed by atoms with Crippen LogP contribution in [0.3, 0.4) is 0 Å². The van der Waals surface area contributed by atoms with Gasteiger partial charge in [0.05, 0.1) is 22.9 Å². The minimum absolute atomic E-state index is 0.0844. The van der Waals surface area contributed by atoms with E-state index in [0.29, 0.717) is 31.9 Å². The van der Waals surface area contributed by atoms with Crippen molar-refractivity contribution in [2.24, 2.45) is 0 Å². The van der Waals surface area contributed by atoms with Gasteiger partial charge in [0.15, 0.2) is 5.82 Å². The van der Waals surface area contributed by atoms with Gasteiger partial charge in [0.1, 0.15) is 5.69 Å². The summed E-state index contributed by atoms with van der Waals surface area (Å²) in [4.78, 5) is 25.7. The van der Waals surface area contributed by atoms with Crippen LogP contribution in [0.1, 0.15) is 16.1 Å². The highest BCUT2D eigenvalue weighted by molar-refractivity contribution is 5.94. The topological polar surface area (TPSA) is 75.1 Å². The van der Waals surface area contributed by atoms with Crippen molar-refractivity contribution in [3.05, 3.63) is 78.1 Å². The lowest BCUT2D eigenvalue weighted by Gasteiger charge is -2.35. The molecule has 1 saturated heterocycles. The molecule has 0 bridgehead atoms. The molecule has 154 valence electrons. The molecule has 0 aliphatic carbocycles. The summed E-state index contributed by atoms with van der Waals surface area (Å²) in [7, 11) is 0. The Kier molecular flexibility index (Phi) is 5.00. The van der Waals surface area contributed by atoms with Crippen molar-refractivity contribution in [3.8, 4) is 11.3 Å². The van der Waals surface area contributed by atoms with Crippen LogP contribution in [0, 0.1) is 6.92 Å². The summed E-state index contributed by atoms with van der Waals surface area (Å²) in [5.41, 5.74) is 5.04. The zero-order valence-electron chi connectivity index (χ0n) is 17.3. The Labute approximate surface area is 180 Å². The van der Waals surface area contributed by atoms with Gasteiger partial charge in [0.2, 0.25) is 0 Å². The smallest absolute Gasteiger partial charge is 0.274 e. The number of anilines is 1. The maximum atomic E-state index is 12.9. The van der Waals surface area contributed by atoms with Crippen molar-refractivity contribution < 1.29 is 4.79 Å². The van der Waals surface area contributed by atoms with Crippen molar-refractivity contribution in [2.75, 3.05) is 31.1 Å². The van der Waals surface area contributed by atoms with E-state index in [9.17, 15) is 4.79 Å². The number of aryl methyl sites for hydroxylation is 1. The third-order valence-corrected chi connectivity index (χ3v) is 5.63. The number of hydrogen-bond acceptors (Lipinski definition) is 6. The summed E-state index contributed by atoms with van der Waals surface area (Å²) in [5.74, 6) is 0.744. The lowest BCUT2D eigenvalue weighted by Crippen LogP contribution is -2.49. The number of piperazine rings is 1. The normalized spacial score (nSPS) is 14.1. The predicted octanol–water partition coefficient (Wildman–Crippen LogP) is 3.36. The summed E-state index contributed by atoms with van der Waals surface area (Å²) in [6, 6.07) is 19.7. The molecule has 2 aromatic heterocycles. The van der Waals surface area contributed by atoms with Gasteiger partial charge in [0.25, 0.3) is 5.91 Å². The second kappa shape index (κ2) is 8.10. The number of hydrogen-bond donors (Lipinski definition) is 0. The maximum Gasteiger partial charge on any atom is 0.274 e. The van der Waals surface area contributed by atoms with Gasteiger partial charge in [-0.2, -0.15) is 0 Å². The van der Waals surface area contributed by atoms with E-state index >= 15 is 0 Å². The molecule has 0 N–H and O–H groups in total. The highest BCUT2D eigenvalue weighted by Crippen LogP contribution is 2.22. The standard InChI is InChI=1S/C24H22N6O/c1-17-6-2-3-7-18(17)19-10-11-23(28-27-19)29-12-14-30(15-13-29)24(31)22-16-25-20-8-4-5-9-21(20)26-22/h2-11,16H,12-15H2,1H3. The van der Waals surface area contributed by atoms with Crippen LogP contribution >= 0.6 is 0 Å². The monoisotopic (exact) mass is 410 g/mol. The molecular weight excluding hydrogens is 388 g/mol. The quantitative estimate of drug-likeness (QED) is 0.516. The van der Waals surface area contributed by atoms with Crippen LogP contribution in [-0.4, -0.2) is 57.2 Å². The molecule has 1 amide bonds. The van der Waals surface area contributed by atoms with Crippen LogP contribution < -0.4 is 4.90 Å². The lowest BCUT2D eigenvalue weighted by atomic mass is 10.1. The zero-order chi connectivity index (χ0) is 21.2. The van der Waals surface area contributed by atoms with E-state index in [-0.39, 0.29) is 5.91 Å². The molecule has 1 fully saturated rings. The van der Waals surface area contributed by atoms with Gasteiger partial charge in [-0.1, -0.05) is 36.4 Å². The largest absolute Gasteiger partial charge is 0.352 e. The fourth-order valence-corrected chi connectivity index (χ4v) is 3.86. The molecule has 7 heteroatoms. The number of carbonyl (C=O) groups is 1. The van der Waals surface area contributed by atoms with E-state index in [1.54, 1.807) is 6.20 Å². The Bertz CT molecular complexity index is 1230. The summed E-state index contributed by atoms with van der Waals surface area (Å²) in [6.45, 7) is 4.68. The average molecular weight is 410 g/mol. The maximum absolute atomic E-state index is 12.9. The van der Waals surface area contributed by atoms with Crippen molar-refractivity contribution >= 4 is 22.8 Å². The predicted molar refractivity (Wildman–Crippen MR) is 120 cm³/mol. The first-order valence-electron chi connectivity index (χ1n) is 10.3. The Hall–Kier alpha value is -3.87. The SMILES string of the molecule is Cc1ccccc1-c1ccc(N2CCN(C(=O)c3cnc4ccccc4n3)CC2)nn1. The van der Waals surface area contributed by atoms with Crippen LogP contribution in [-0.2, 0) is 0 Å². The molecular formula is C24H22N6O. The van der Waals surface area contributed by atoms with E-state index < -0.39 is 0 Å². The summed E-state index contributed by atoms with van der Waals surface area (Å²) >= 11 is 0. The molecule has 4 aromatic rings. The van der Waals surface area contributed by atoms with Crippen LogP contribution in [0.2, 0.25) is 0 Å². The Morgan fingerprint density at radius 1 is 0.839 bits per heavy atom. The van der Waals surface area contributed by atoms with Crippen LogP contribution in [0.4, 0.5) is 5.82 Å². The van der Waals surface area contributed by atoms with Crippen molar-refractivity contribution in [3.63, 3.8) is 0 Å². The lowest BCUT2D eigenvalue weighted by molar-refractivity contribution is 0.0740. The van der Waals surface area contributed by atoms with E-state index in [0.717, 1.165) is 28.1 Å². The highest BCUT2D eigenvalue weighted by Gasteiger charge is 2.24. The number of benzene rings is 2. The molecule has 1 aliphatic heterocycles. The molecule has 3 heterocycles. The fraction of sp³-hybridized carbons (Fsp3) is 0.208. The number of aromatic nitrogens is 4. The minimum Gasteiger partial charge on any atom is -0.352 e. The van der Waals surface area contributed by atoms with Gasteiger partial charge in [-0.05, 0) is 36.8 Å². The number of para-hydroxylation sites is 2. The Morgan fingerprint density at radius 2 is 1.58 bits per heavy atom. The second-order valence-electron chi connectivity index (χ2n) is 7.61.